The van der Waals surface area contributed by atoms with E-state index in [9.17, 15) is 0 Å². The first kappa shape index (κ1) is 13.6. The first-order valence-corrected chi connectivity index (χ1v) is 6.21. The Kier molecular flexibility index (Phi) is 4.35. The molecule has 6 nitrogen and oxygen atoms in total. The summed E-state index contributed by atoms with van der Waals surface area (Å²) in [6.45, 7) is 2.77. The second-order valence-corrected chi connectivity index (χ2v) is 4.00. The van der Waals surface area contributed by atoms with E-state index in [0.717, 1.165) is 5.69 Å². The number of aromatic nitrogens is 2. The lowest BCUT2D eigenvalue weighted by atomic mass is 10.2. The van der Waals surface area contributed by atoms with Crippen molar-refractivity contribution in [2.24, 2.45) is 0 Å². The average Bonchev–Trinajstić information content (AvgIpc) is 2.46. The number of ether oxygens (including phenoxy) is 1. The number of nitriles is 1. The topological polar surface area (TPSA) is 96.8 Å². The molecule has 20 heavy (non-hydrogen) atoms. The maximum absolute atomic E-state index is 9.04. The van der Waals surface area contributed by atoms with Crippen LogP contribution in [0.5, 0.6) is 5.88 Å². The summed E-state index contributed by atoms with van der Waals surface area (Å²) in [4.78, 5) is 8.45. The molecule has 0 aliphatic rings. The van der Waals surface area contributed by atoms with Gasteiger partial charge in [-0.3, -0.25) is 4.98 Å². The van der Waals surface area contributed by atoms with Gasteiger partial charge in [0, 0.05) is 12.3 Å². The van der Waals surface area contributed by atoms with Gasteiger partial charge < -0.3 is 15.8 Å². The van der Waals surface area contributed by atoms with Gasteiger partial charge >= 0.3 is 0 Å². The fourth-order valence-corrected chi connectivity index (χ4v) is 1.67. The second-order valence-electron chi connectivity index (χ2n) is 4.00. The number of nitrogens with zero attached hydrogens (tertiary/aromatic N) is 3. The summed E-state index contributed by atoms with van der Waals surface area (Å²) in [7, 11) is 0. The van der Waals surface area contributed by atoms with Gasteiger partial charge in [-0.05, 0) is 19.1 Å². The standard InChI is InChI=1S/C14H15N5O/c1-2-20-14-11(8-15)12(16)7-13(19-14)18-9-10-5-3-4-6-17-10/h3-7H,2,9H2,1H3,(H3,16,18,19). The third-order valence-electron chi connectivity index (χ3n) is 2.59. The van der Waals surface area contributed by atoms with Gasteiger partial charge in [0.1, 0.15) is 17.5 Å². The van der Waals surface area contributed by atoms with E-state index in [1.165, 1.54) is 0 Å². The van der Waals surface area contributed by atoms with E-state index in [1.807, 2.05) is 31.2 Å². The van der Waals surface area contributed by atoms with Crippen LogP contribution in [0.15, 0.2) is 30.5 Å². The minimum atomic E-state index is 0.249. The van der Waals surface area contributed by atoms with Crippen LogP contribution >= 0.6 is 0 Å². The van der Waals surface area contributed by atoms with E-state index >= 15 is 0 Å². The number of hydrogen-bond acceptors (Lipinski definition) is 6. The first-order valence-electron chi connectivity index (χ1n) is 6.21. The van der Waals surface area contributed by atoms with Crippen molar-refractivity contribution in [3.63, 3.8) is 0 Å². The molecule has 0 amide bonds. The van der Waals surface area contributed by atoms with Gasteiger partial charge in [-0.25, -0.2) is 0 Å². The summed E-state index contributed by atoms with van der Waals surface area (Å²) in [5.41, 5.74) is 7.32. The SMILES string of the molecule is CCOc1nc(NCc2ccccn2)cc(N)c1C#N. The van der Waals surface area contributed by atoms with Gasteiger partial charge in [0.05, 0.1) is 24.5 Å². The normalized spacial score (nSPS) is 9.80. The van der Waals surface area contributed by atoms with Crippen LogP contribution in [0.1, 0.15) is 18.2 Å². The smallest absolute Gasteiger partial charge is 0.235 e. The van der Waals surface area contributed by atoms with Crippen LogP contribution < -0.4 is 15.8 Å². The maximum Gasteiger partial charge on any atom is 0.235 e. The predicted octanol–water partition coefficient (Wildman–Crippen LogP) is 1.94. The summed E-state index contributed by atoms with van der Waals surface area (Å²) in [5.74, 6) is 0.800. The molecule has 0 saturated heterocycles. The number of anilines is 2. The molecule has 2 aromatic heterocycles. The molecule has 2 rings (SSSR count). The van der Waals surface area contributed by atoms with E-state index in [1.54, 1.807) is 12.3 Å². The highest BCUT2D eigenvalue weighted by molar-refractivity contribution is 5.64. The Morgan fingerprint density at radius 3 is 2.95 bits per heavy atom. The van der Waals surface area contributed by atoms with E-state index in [4.69, 9.17) is 15.7 Å². The molecule has 2 heterocycles. The van der Waals surface area contributed by atoms with Crippen molar-refractivity contribution in [3.05, 3.63) is 41.7 Å². The third-order valence-corrected chi connectivity index (χ3v) is 2.59. The van der Waals surface area contributed by atoms with E-state index in [2.05, 4.69) is 15.3 Å². The predicted molar refractivity (Wildman–Crippen MR) is 76.1 cm³/mol. The Balaban J connectivity index is 2.18. The Labute approximate surface area is 117 Å². The highest BCUT2D eigenvalue weighted by atomic mass is 16.5. The molecule has 0 atom stereocenters. The molecule has 0 fully saturated rings. The van der Waals surface area contributed by atoms with Crippen LogP contribution in [0.2, 0.25) is 0 Å². The molecule has 0 bridgehead atoms. The molecule has 3 N–H and O–H groups in total. The lowest BCUT2D eigenvalue weighted by Gasteiger charge is -2.10. The van der Waals surface area contributed by atoms with Crippen LogP contribution in [0.4, 0.5) is 11.5 Å². The number of hydrogen-bond donors (Lipinski definition) is 2. The van der Waals surface area contributed by atoms with Crippen LogP contribution in [-0.4, -0.2) is 16.6 Å². The number of nitrogens with one attached hydrogen (secondary N) is 1. The lowest BCUT2D eigenvalue weighted by molar-refractivity contribution is 0.326. The Bertz CT molecular complexity index is 621. The zero-order chi connectivity index (χ0) is 14.4. The van der Waals surface area contributed by atoms with E-state index in [0.29, 0.717) is 24.7 Å². The Hall–Kier alpha value is -2.81. The highest BCUT2D eigenvalue weighted by Gasteiger charge is 2.11. The second kappa shape index (κ2) is 6.38. The number of pyridine rings is 2. The van der Waals surface area contributed by atoms with Gasteiger partial charge in [-0.2, -0.15) is 10.2 Å². The van der Waals surface area contributed by atoms with Crippen molar-refractivity contribution in [2.45, 2.75) is 13.5 Å². The summed E-state index contributed by atoms with van der Waals surface area (Å²) in [5, 5.41) is 12.2. The van der Waals surface area contributed by atoms with Crippen molar-refractivity contribution < 1.29 is 4.74 Å². The third kappa shape index (κ3) is 3.14. The fourth-order valence-electron chi connectivity index (χ4n) is 1.67. The van der Waals surface area contributed by atoms with Crippen LogP contribution in [0, 0.1) is 11.3 Å². The number of rotatable bonds is 5. The molecule has 0 aliphatic heterocycles. The van der Waals surface area contributed by atoms with Gasteiger partial charge in [0.25, 0.3) is 0 Å². The van der Waals surface area contributed by atoms with Crippen molar-refractivity contribution in [2.75, 3.05) is 17.7 Å². The quantitative estimate of drug-likeness (QED) is 0.861. The zero-order valence-corrected chi connectivity index (χ0v) is 11.1. The van der Waals surface area contributed by atoms with Crippen molar-refractivity contribution in [1.29, 1.82) is 5.26 Å². The van der Waals surface area contributed by atoms with Crippen molar-refractivity contribution in [1.82, 2.24) is 9.97 Å². The molecule has 2 aromatic rings. The molecule has 102 valence electrons. The van der Waals surface area contributed by atoms with E-state index in [-0.39, 0.29) is 11.4 Å². The summed E-state index contributed by atoms with van der Waals surface area (Å²) in [6.07, 6.45) is 1.73. The summed E-state index contributed by atoms with van der Waals surface area (Å²) in [6, 6.07) is 9.29. The van der Waals surface area contributed by atoms with Crippen molar-refractivity contribution >= 4 is 11.5 Å². The van der Waals surface area contributed by atoms with Gasteiger partial charge in [0.2, 0.25) is 5.88 Å². The summed E-state index contributed by atoms with van der Waals surface area (Å²) < 4.78 is 5.33. The largest absolute Gasteiger partial charge is 0.477 e. The Morgan fingerprint density at radius 1 is 1.45 bits per heavy atom. The number of nitrogens with two attached hydrogens (primary N) is 1. The molecular formula is C14H15N5O. The van der Waals surface area contributed by atoms with Crippen LogP contribution in [0.3, 0.4) is 0 Å². The molecule has 0 unspecified atom stereocenters. The maximum atomic E-state index is 9.04. The van der Waals surface area contributed by atoms with Gasteiger partial charge in [-0.15, -0.1) is 0 Å². The van der Waals surface area contributed by atoms with Gasteiger partial charge in [0.15, 0.2) is 0 Å². The minimum absolute atomic E-state index is 0.249. The van der Waals surface area contributed by atoms with Crippen LogP contribution in [-0.2, 0) is 6.54 Å². The highest BCUT2D eigenvalue weighted by Crippen LogP contribution is 2.25. The minimum Gasteiger partial charge on any atom is -0.477 e. The monoisotopic (exact) mass is 269 g/mol. The molecule has 0 radical (unpaired) electrons. The van der Waals surface area contributed by atoms with Crippen LogP contribution in [0.25, 0.3) is 0 Å². The fraction of sp³-hybridized carbons (Fsp3) is 0.214. The zero-order valence-electron chi connectivity index (χ0n) is 11.1. The van der Waals surface area contributed by atoms with Crippen molar-refractivity contribution in [3.8, 4) is 11.9 Å². The molecule has 0 spiro atoms. The molecule has 0 saturated carbocycles. The van der Waals surface area contributed by atoms with Gasteiger partial charge in [-0.1, -0.05) is 6.07 Å². The summed E-state index contributed by atoms with van der Waals surface area (Å²) >= 11 is 0. The Morgan fingerprint density at radius 2 is 2.30 bits per heavy atom. The lowest BCUT2D eigenvalue weighted by Crippen LogP contribution is -2.07. The molecule has 6 heteroatoms. The molecular weight excluding hydrogens is 254 g/mol. The first-order chi connectivity index (χ1) is 9.74. The molecule has 0 aliphatic carbocycles. The molecule has 0 aromatic carbocycles. The number of nitrogen functional groups attached to an aromatic ring is 1. The van der Waals surface area contributed by atoms with E-state index < -0.39 is 0 Å². The average molecular weight is 269 g/mol.